The van der Waals surface area contributed by atoms with Crippen molar-refractivity contribution in [2.75, 3.05) is 20.3 Å². The van der Waals surface area contributed by atoms with Gasteiger partial charge in [-0.2, -0.15) is 0 Å². The number of rotatable bonds is 10. The van der Waals surface area contributed by atoms with Crippen LogP contribution in [0.3, 0.4) is 0 Å². The normalized spacial score (nSPS) is 14.0. The van der Waals surface area contributed by atoms with Crippen molar-refractivity contribution in [3.8, 4) is 5.75 Å². The molecule has 1 aromatic rings. The van der Waals surface area contributed by atoms with Gasteiger partial charge in [-0.25, -0.2) is 0 Å². The fourth-order valence-corrected chi connectivity index (χ4v) is 2.40. The average molecular weight is 280 g/mol. The van der Waals surface area contributed by atoms with Crippen molar-refractivity contribution in [2.24, 2.45) is 5.92 Å². The van der Waals surface area contributed by atoms with Crippen LogP contribution in [0.25, 0.3) is 0 Å². The van der Waals surface area contributed by atoms with Crippen LogP contribution < -0.4 is 4.74 Å². The Morgan fingerprint density at radius 2 is 1.90 bits per heavy atom. The molecule has 0 saturated heterocycles. The second kappa shape index (κ2) is 9.78. The predicted molar refractivity (Wildman–Crippen MR) is 82.1 cm³/mol. The Hall–Kier alpha value is -1.06. The number of hydrogen-bond acceptors (Lipinski definition) is 3. The fraction of sp³-hybridized carbons (Fsp3) is 0.647. The molecule has 0 aliphatic heterocycles. The lowest BCUT2D eigenvalue weighted by Crippen LogP contribution is -2.14. The Balaban J connectivity index is 2.76. The minimum absolute atomic E-state index is 0.294. The maximum atomic E-state index is 10.6. The van der Waals surface area contributed by atoms with Gasteiger partial charge in [-0.15, -0.1) is 0 Å². The highest BCUT2D eigenvalue weighted by Crippen LogP contribution is 2.34. The molecule has 1 aromatic carbocycles. The van der Waals surface area contributed by atoms with Crippen LogP contribution in [0.4, 0.5) is 0 Å². The molecular weight excluding hydrogens is 252 g/mol. The standard InChI is InChI=1S/C17H28O3/c1-4-6-9-14(5-2)17(18)15-10-7-8-11-16(15)20-13-12-19-3/h7-8,10-11,14,17-18H,4-6,9,12-13H2,1-3H3. The molecule has 0 bridgehead atoms. The van der Waals surface area contributed by atoms with Crippen molar-refractivity contribution in [3.05, 3.63) is 29.8 Å². The van der Waals surface area contributed by atoms with E-state index >= 15 is 0 Å². The first kappa shape index (κ1) is 17.0. The molecular formula is C17H28O3. The van der Waals surface area contributed by atoms with E-state index in [0.717, 1.165) is 37.0 Å². The Bertz CT molecular complexity index is 365. The van der Waals surface area contributed by atoms with Gasteiger partial charge in [-0.3, -0.25) is 0 Å². The first-order valence-corrected chi connectivity index (χ1v) is 7.63. The van der Waals surface area contributed by atoms with Crippen molar-refractivity contribution in [2.45, 2.75) is 45.6 Å². The summed E-state index contributed by atoms with van der Waals surface area (Å²) in [7, 11) is 1.65. The number of ether oxygens (including phenoxy) is 2. The summed E-state index contributed by atoms with van der Waals surface area (Å²) in [4.78, 5) is 0. The van der Waals surface area contributed by atoms with Crippen LogP contribution >= 0.6 is 0 Å². The number of aliphatic hydroxyl groups excluding tert-OH is 1. The molecule has 0 heterocycles. The zero-order chi connectivity index (χ0) is 14.8. The molecule has 0 saturated carbocycles. The third kappa shape index (κ3) is 5.14. The van der Waals surface area contributed by atoms with Gasteiger partial charge < -0.3 is 14.6 Å². The van der Waals surface area contributed by atoms with Crippen LogP contribution in [-0.2, 0) is 4.74 Å². The molecule has 3 nitrogen and oxygen atoms in total. The van der Waals surface area contributed by atoms with Crippen LogP contribution in [0.5, 0.6) is 5.75 Å². The molecule has 0 aromatic heterocycles. The molecule has 3 heteroatoms. The molecule has 2 unspecified atom stereocenters. The maximum absolute atomic E-state index is 10.6. The average Bonchev–Trinajstić information content (AvgIpc) is 2.48. The zero-order valence-corrected chi connectivity index (χ0v) is 13.0. The van der Waals surface area contributed by atoms with Gasteiger partial charge in [0.1, 0.15) is 12.4 Å². The molecule has 2 atom stereocenters. The van der Waals surface area contributed by atoms with E-state index in [1.807, 2.05) is 24.3 Å². The van der Waals surface area contributed by atoms with E-state index in [9.17, 15) is 5.11 Å². The Morgan fingerprint density at radius 3 is 2.55 bits per heavy atom. The molecule has 114 valence electrons. The fourth-order valence-electron chi connectivity index (χ4n) is 2.40. The minimum atomic E-state index is -0.453. The van der Waals surface area contributed by atoms with E-state index in [0.29, 0.717) is 19.1 Å². The molecule has 0 fully saturated rings. The molecule has 0 radical (unpaired) electrons. The van der Waals surface area contributed by atoms with Crippen LogP contribution in [0.1, 0.15) is 51.2 Å². The van der Waals surface area contributed by atoms with Crippen LogP contribution in [0.2, 0.25) is 0 Å². The summed E-state index contributed by atoms with van der Waals surface area (Å²) >= 11 is 0. The van der Waals surface area contributed by atoms with Gasteiger partial charge in [0, 0.05) is 12.7 Å². The number of para-hydroxylation sites is 1. The summed E-state index contributed by atoms with van der Waals surface area (Å²) in [6.45, 7) is 5.38. The number of methoxy groups -OCH3 is 1. The predicted octanol–water partition coefficient (Wildman–Crippen LogP) is 3.96. The van der Waals surface area contributed by atoms with Gasteiger partial charge in [0.25, 0.3) is 0 Å². The highest BCUT2D eigenvalue weighted by atomic mass is 16.5. The van der Waals surface area contributed by atoms with Crippen molar-refractivity contribution in [3.63, 3.8) is 0 Å². The van der Waals surface area contributed by atoms with E-state index in [1.165, 1.54) is 0 Å². The SMILES string of the molecule is CCCCC(CC)C(O)c1ccccc1OCCOC. The molecule has 1 rings (SSSR count). The van der Waals surface area contributed by atoms with E-state index in [4.69, 9.17) is 9.47 Å². The zero-order valence-electron chi connectivity index (χ0n) is 13.0. The van der Waals surface area contributed by atoms with Gasteiger partial charge in [0.15, 0.2) is 0 Å². The molecule has 0 aliphatic carbocycles. The quantitative estimate of drug-likeness (QED) is 0.659. The highest BCUT2D eigenvalue weighted by molar-refractivity contribution is 5.35. The van der Waals surface area contributed by atoms with Crippen LogP contribution in [0, 0.1) is 5.92 Å². The van der Waals surface area contributed by atoms with Crippen molar-refractivity contribution < 1.29 is 14.6 Å². The minimum Gasteiger partial charge on any atom is -0.491 e. The highest BCUT2D eigenvalue weighted by Gasteiger charge is 2.21. The summed E-state index contributed by atoms with van der Waals surface area (Å²) in [5, 5.41) is 10.6. The molecule has 20 heavy (non-hydrogen) atoms. The molecule has 0 amide bonds. The van der Waals surface area contributed by atoms with Gasteiger partial charge in [0.2, 0.25) is 0 Å². The Labute approximate surface area is 122 Å². The smallest absolute Gasteiger partial charge is 0.125 e. The molecule has 0 aliphatic rings. The number of aliphatic hydroxyl groups is 1. The third-order valence-electron chi connectivity index (χ3n) is 3.68. The van der Waals surface area contributed by atoms with Crippen LogP contribution in [-0.4, -0.2) is 25.4 Å². The lowest BCUT2D eigenvalue weighted by atomic mass is 9.89. The van der Waals surface area contributed by atoms with Crippen molar-refractivity contribution in [1.82, 2.24) is 0 Å². The largest absolute Gasteiger partial charge is 0.491 e. The first-order chi connectivity index (χ1) is 9.74. The van der Waals surface area contributed by atoms with E-state index in [-0.39, 0.29) is 0 Å². The number of benzene rings is 1. The van der Waals surface area contributed by atoms with Crippen molar-refractivity contribution >= 4 is 0 Å². The Morgan fingerprint density at radius 1 is 1.15 bits per heavy atom. The lowest BCUT2D eigenvalue weighted by Gasteiger charge is -2.24. The molecule has 0 spiro atoms. The third-order valence-corrected chi connectivity index (χ3v) is 3.68. The van der Waals surface area contributed by atoms with Gasteiger partial charge >= 0.3 is 0 Å². The van der Waals surface area contributed by atoms with Gasteiger partial charge in [-0.1, -0.05) is 51.3 Å². The summed E-state index contributed by atoms with van der Waals surface area (Å²) < 4.78 is 10.7. The second-order valence-corrected chi connectivity index (χ2v) is 5.13. The maximum Gasteiger partial charge on any atom is 0.125 e. The summed E-state index contributed by atoms with van der Waals surface area (Å²) in [5.74, 6) is 1.06. The number of unbranched alkanes of at least 4 members (excludes halogenated alkanes) is 1. The van der Waals surface area contributed by atoms with E-state index in [2.05, 4.69) is 13.8 Å². The summed E-state index contributed by atoms with van der Waals surface area (Å²) in [6.07, 6.45) is 3.90. The Kier molecular flexibility index (Phi) is 8.31. The van der Waals surface area contributed by atoms with Gasteiger partial charge in [-0.05, 0) is 18.4 Å². The first-order valence-electron chi connectivity index (χ1n) is 7.63. The van der Waals surface area contributed by atoms with E-state index in [1.54, 1.807) is 7.11 Å². The summed E-state index contributed by atoms with van der Waals surface area (Å²) in [6, 6.07) is 7.77. The monoisotopic (exact) mass is 280 g/mol. The second-order valence-electron chi connectivity index (χ2n) is 5.13. The van der Waals surface area contributed by atoms with Gasteiger partial charge in [0.05, 0.1) is 12.7 Å². The van der Waals surface area contributed by atoms with Crippen molar-refractivity contribution in [1.29, 1.82) is 0 Å². The topological polar surface area (TPSA) is 38.7 Å². The number of hydrogen-bond donors (Lipinski definition) is 1. The molecule has 1 N–H and O–H groups in total. The van der Waals surface area contributed by atoms with Crippen LogP contribution in [0.15, 0.2) is 24.3 Å². The summed E-state index contributed by atoms with van der Waals surface area (Å²) in [5.41, 5.74) is 0.895. The van der Waals surface area contributed by atoms with E-state index < -0.39 is 6.10 Å². The lowest BCUT2D eigenvalue weighted by molar-refractivity contribution is 0.0925.